The lowest BCUT2D eigenvalue weighted by atomic mass is 10.0. The number of likely N-dealkylation sites (tertiary alicyclic amines) is 1. The van der Waals surface area contributed by atoms with Crippen molar-refractivity contribution in [1.82, 2.24) is 9.88 Å². The van der Waals surface area contributed by atoms with E-state index < -0.39 is 0 Å². The number of aromatic nitrogens is 1. The first kappa shape index (κ1) is 20.7. The molecule has 30 heavy (non-hydrogen) atoms. The molecule has 158 valence electrons. The predicted octanol–water partition coefficient (Wildman–Crippen LogP) is 5.04. The van der Waals surface area contributed by atoms with Gasteiger partial charge in [-0.1, -0.05) is 49.4 Å². The molecule has 0 unspecified atom stereocenters. The maximum Gasteiger partial charge on any atom is 0.274 e. The molecule has 1 aliphatic rings. The Morgan fingerprint density at radius 1 is 1.17 bits per heavy atom. The van der Waals surface area contributed by atoms with Crippen LogP contribution in [-0.2, 0) is 11.2 Å². The normalized spacial score (nSPS) is 15.0. The number of fused-ring (bicyclic) bond motifs is 1. The van der Waals surface area contributed by atoms with E-state index in [1.165, 1.54) is 16.9 Å². The van der Waals surface area contributed by atoms with E-state index in [4.69, 9.17) is 9.47 Å². The molecular weight excluding hydrogens is 396 g/mol. The van der Waals surface area contributed by atoms with Crippen molar-refractivity contribution in [3.05, 3.63) is 53.6 Å². The smallest absolute Gasteiger partial charge is 0.274 e. The number of amides is 1. The SMILES string of the molecule is COc1ccc2nc(OC3CCN(C(=O)Cc4ccc(C(C)C)cc4)CC3)sc2c1. The Hall–Kier alpha value is -2.60. The van der Waals surface area contributed by atoms with Gasteiger partial charge in [-0.05, 0) is 35.2 Å². The summed E-state index contributed by atoms with van der Waals surface area (Å²) in [6, 6.07) is 14.2. The molecule has 2 aromatic carbocycles. The summed E-state index contributed by atoms with van der Waals surface area (Å²) in [7, 11) is 1.66. The molecule has 2 heterocycles. The number of hydrogen-bond donors (Lipinski definition) is 0. The molecular formula is C24H28N2O3S. The minimum Gasteiger partial charge on any atom is -0.497 e. The summed E-state index contributed by atoms with van der Waals surface area (Å²) in [6.07, 6.45) is 2.22. The highest BCUT2D eigenvalue weighted by atomic mass is 32.1. The van der Waals surface area contributed by atoms with E-state index in [0.717, 1.165) is 47.5 Å². The van der Waals surface area contributed by atoms with Gasteiger partial charge in [0.2, 0.25) is 5.91 Å². The maximum absolute atomic E-state index is 12.7. The quantitative estimate of drug-likeness (QED) is 0.556. The van der Waals surface area contributed by atoms with Crippen LogP contribution in [-0.4, -0.2) is 42.1 Å². The van der Waals surface area contributed by atoms with E-state index in [9.17, 15) is 4.79 Å². The van der Waals surface area contributed by atoms with Crippen molar-refractivity contribution >= 4 is 27.5 Å². The Kier molecular flexibility index (Phi) is 6.23. The van der Waals surface area contributed by atoms with E-state index in [0.29, 0.717) is 17.5 Å². The van der Waals surface area contributed by atoms with Gasteiger partial charge < -0.3 is 14.4 Å². The zero-order chi connectivity index (χ0) is 21.1. The van der Waals surface area contributed by atoms with Crippen LogP contribution in [0.1, 0.15) is 43.7 Å². The highest BCUT2D eigenvalue weighted by Crippen LogP contribution is 2.32. The van der Waals surface area contributed by atoms with Crippen LogP contribution < -0.4 is 9.47 Å². The van der Waals surface area contributed by atoms with Gasteiger partial charge in [0, 0.05) is 25.9 Å². The topological polar surface area (TPSA) is 51.7 Å². The molecule has 0 bridgehead atoms. The minimum atomic E-state index is 0.0989. The van der Waals surface area contributed by atoms with Gasteiger partial charge in [0.25, 0.3) is 5.19 Å². The average molecular weight is 425 g/mol. The van der Waals surface area contributed by atoms with Crippen molar-refractivity contribution in [3.8, 4) is 10.9 Å². The maximum atomic E-state index is 12.7. The molecule has 0 radical (unpaired) electrons. The largest absolute Gasteiger partial charge is 0.497 e. The second-order valence-electron chi connectivity index (χ2n) is 8.08. The van der Waals surface area contributed by atoms with Crippen LogP contribution in [0, 0.1) is 0 Å². The molecule has 0 atom stereocenters. The predicted molar refractivity (Wildman–Crippen MR) is 121 cm³/mol. The molecule has 1 aromatic heterocycles. The standard InChI is InChI=1S/C24H28N2O3S/c1-16(2)18-6-4-17(5-7-18)14-23(27)26-12-10-19(11-13-26)29-24-25-21-9-8-20(28-3)15-22(21)30-24/h4-9,15-16,19H,10-14H2,1-3H3. The first-order valence-electron chi connectivity index (χ1n) is 10.5. The van der Waals surface area contributed by atoms with E-state index >= 15 is 0 Å². The molecule has 4 rings (SSSR count). The lowest BCUT2D eigenvalue weighted by Crippen LogP contribution is -2.42. The Bertz CT molecular complexity index is 1000. The molecule has 0 N–H and O–H groups in total. The number of piperidine rings is 1. The Labute approximate surface area is 181 Å². The van der Waals surface area contributed by atoms with Gasteiger partial charge in [0.15, 0.2) is 0 Å². The van der Waals surface area contributed by atoms with Gasteiger partial charge in [-0.2, -0.15) is 0 Å². The first-order chi connectivity index (χ1) is 14.5. The second-order valence-corrected chi connectivity index (χ2v) is 9.08. The summed E-state index contributed by atoms with van der Waals surface area (Å²) in [4.78, 5) is 19.2. The molecule has 1 amide bonds. The second kappa shape index (κ2) is 9.04. The summed E-state index contributed by atoms with van der Waals surface area (Å²) in [5.74, 6) is 1.52. The summed E-state index contributed by atoms with van der Waals surface area (Å²) in [5.41, 5.74) is 3.30. The van der Waals surface area contributed by atoms with Crippen LogP contribution in [0.25, 0.3) is 10.2 Å². The molecule has 1 saturated heterocycles. The van der Waals surface area contributed by atoms with Gasteiger partial charge in [-0.25, -0.2) is 4.98 Å². The summed E-state index contributed by atoms with van der Waals surface area (Å²) < 4.78 is 12.5. The molecule has 5 nitrogen and oxygen atoms in total. The highest BCUT2D eigenvalue weighted by Gasteiger charge is 2.25. The number of hydrogen-bond acceptors (Lipinski definition) is 5. The monoisotopic (exact) mass is 424 g/mol. The van der Waals surface area contributed by atoms with Crippen LogP contribution in [0.4, 0.5) is 0 Å². The fraction of sp³-hybridized carbons (Fsp3) is 0.417. The van der Waals surface area contributed by atoms with Gasteiger partial charge in [-0.15, -0.1) is 0 Å². The third kappa shape index (κ3) is 4.75. The van der Waals surface area contributed by atoms with Gasteiger partial charge in [-0.3, -0.25) is 4.79 Å². The van der Waals surface area contributed by atoms with Crippen molar-refractivity contribution in [3.63, 3.8) is 0 Å². The first-order valence-corrected chi connectivity index (χ1v) is 11.3. The van der Waals surface area contributed by atoms with E-state index in [-0.39, 0.29) is 12.0 Å². The molecule has 1 aliphatic heterocycles. The van der Waals surface area contributed by atoms with Gasteiger partial charge in [0.05, 0.1) is 23.7 Å². The van der Waals surface area contributed by atoms with Crippen LogP contribution in [0.15, 0.2) is 42.5 Å². The number of nitrogens with zero attached hydrogens (tertiary/aromatic N) is 2. The summed E-state index contributed by atoms with van der Waals surface area (Å²) in [5, 5.41) is 0.688. The van der Waals surface area contributed by atoms with Crippen molar-refractivity contribution in [2.24, 2.45) is 0 Å². The van der Waals surface area contributed by atoms with Crippen LogP contribution >= 0.6 is 11.3 Å². The molecule has 3 aromatic rings. The van der Waals surface area contributed by atoms with Crippen molar-refractivity contribution in [2.75, 3.05) is 20.2 Å². The number of ether oxygens (including phenoxy) is 2. The third-order valence-corrected chi connectivity index (χ3v) is 6.55. The number of benzene rings is 2. The van der Waals surface area contributed by atoms with Crippen molar-refractivity contribution in [2.45, 2.75) is 45.1 Å². The fourth-order valence-electron chi connectivity index (χ4n) is 3.73. The molecule has 0 spiro atoms. The van der Waals surface area contributed by atoms with Crippen molar-refractivity contribution in [1.29, 1.82) is 0 Å². The fourth-order valence-corrected chi connectivity index (χ4v) is 4.64. The third-order valence-electron chi connectivity index (χ3n) is 5.64. The minimum absolute atomic E-state index is 0.0989. The zero-order valence-electron chi connectivity index (χ0n) is 17.8. The molecule has 1 fully saturated rings. The number of thiazole rings is 1. The van der Waals surface area contributed by atoms with Gasteiger partial charge >= 0.3 is 0 Å². The van der Waals surface area contributed by atoms with E-state index in [1.54, 1.807) is 7.11 Å². The van der Waals surface area contributed by atoms with E-state index in [2.05, 4.69) is 43.1 Å². The molecule has 0 saturated carbocycles. The highest BCUT2D eigenvalue weighted by molar-refractivity contribution is 7.20. The zero-order valence-corrected chi connectivity index (χ0v) is 18.6. The Morgan fingerprint density at radius 3 is 2.57 bits per heavy atom. The molecule has 0 aliphatic carbocycles. The summed E-state index contributed by atoms with van der Waals surface area (Å²) >= 11 is 1.54. The number of rotatable bonds is 6. The van der Waals surface area contributed by atoms with Crippen LogP contribution in [0.3, 0.4) is 0 Å². The number of carbonyl (C=O) groups is 1. The van der Waals surface area contributed by atoms with Crippen LogP contribution in [0.5, 0.6) is 10.9 Å². The average Bonchev–Trinajstić information content (AvgIpc) is 3.15. The Balaban J connectivity index is 1.29. The summed E-state index contributed by atoms with van der Waals surface area (Å²) in [6.45, 7) is 5.81. The lowest BCUT2D eigenvalue weighted by Gasteiger charge is -2.31. The van der Waals surface area contributed by atoms with Crippen LogP contribution in [0.2, 0.25) is 0 Å². The lowest BCUT2D eigenvalue weighted by molar-refractivity contribution is -0.132. The van der Waals surface area contributed by atoms with E-state index in [1.807, 2.05) is 23.1 Å². The van der Waals surface area contributed by atoms with Gasteiger partial charge in [0.1, 0.15) is 11.9 Å². The Morgan fingerprint density at radius 2 is 1.90 bits per heavy atom. The molecule has 6 heteroatoms. The number of carbonyl (C=O) groups excluding carboxylic acids is 1. The number of methoxy groups -OCH3 is 1. The van der Waals surface area contributed by atoms with Crippen molar-refractivity contribution < 1.29 is 14.3 Å².